The van der Waals surface area contributed by atoms with Gasteiger partial charge in [0.2, 0.25) is 0 Å². The molecule has 0 aliphatic rings. The number of carbonyl (C=O) groups excluding carboxylic acids is 1. The molecule has 1 aromatic heterocycles. The number of aryl methyl sites for hydroxylation is 1. The first kappa shape index (κ1) is 13.0. The average Bonchev–Trinajstić information content (AvgIpc) is 2.59. The summed E-state index contributed by atoms with van der Waals surface area (Å²) >= 11 is 1.53. The third kappa shape index (κ3) is 2.55. The summed E-state index contributed by atoms with van der Waals surface area (Å²) in [5.41, 5.74) is 1.98. The van der Waals surface area contributed by atoms with Gasteiger partial charge in [0.1, 0.15) is 0 Å². The number of hydrogen-bond acceptors (Lipinski definition) is 2. The van der Waals surface area contributed by atoms with Crippen LogP contribution in [0.15, 0.2) is 18.2 Å². The molecule has 1 heterocycles. The number of benzene rings is 1. The smallest absolute Gasteiger partial charge is 0.0789 e. The Bertz CT molecular complexity index is 487. The minimum absolute atomic E-state index is 0. The van der Waals surface area contributed by atoms with Gasteiger partial charge in [0.25, 0.3) is 0 Å². The number of hydrogen-bond donors (Lipinski definition) is 0. The molecule has 0 bridgehead atoms. The van der Waals surface area contributed by atoms with Crippen LogP contribution in [0.1, 0.15) is 29.3 Å². The molecule has 0 saturated heterocycles. The summed E-state index contributed by atoms with van der Waals surface area (Å²) in [6, 6.07) is 6.15. The molecule has 1 nitrogen and oxygen atoms in total. The third-order valence-corrected chi connectivity index (χ3v) is 3.13. The number of thiophene rings is 1. The minimum atomic E-state index is 0. The number of Topliss-reactive ketones (excluding diaryl/α,β-unsaturated/α-hetero) is 1. The van der Waals surface area contributed by atoms with Gasteiger partial charge in [0, 0.05) is 32.7 Å². The van der Waals surface area contributed by atoms with Crippen molar-refractivity contribution in [2.45, 2.75) is 20.3 Å². The van der Waals surface area contributed by atoms with Crippen molar-refractivity contribution in [2.24, 2.45) is 0 Å². The Balaban J connectivity index is 0.00000112. The van der Waals surface area contributed by atoms with E-state index in [1.807, 2.05) is 19.1 Å². The molecular weight excluding hydrogens is 281 g/mol. The zero-order valence-electron chi connectivity index (χ0n) is 8.83. The molecule has 0 aliphatic heterocycles. The van der Waals surface area contributed by atoms with E-state index in [1.165, 1.54) is 16.9 Å². The third-order valence-electron chi connectivity index (χ3n) is 2.27. The van der Waals surface area contributed by atoms with Crippen molar-refractivity contribution in [3.05, 3.63) is 34.7 Å². The van der Waals surface area contributed by atoms with Crippen molar-refractivity contribution >= 4 is 27.2 Å². The summed E-state index contributed by atoms with van der Waals surface area (Å²) in [4.78, 5) is 11.5. The molecule has 0 saturated carbocycles. The van der Waals surface area contributed by atoms with Crippen LogP contribution in [0.5, 0.6) is 0 Å². The van der Waals surface area contributed by atoms with E-state index in [0.29, 0.717) is 6.42 Å². The Labute approximate surface area is 119 Å². The normalized spacial score (nSPS) is 10.0. The molecule has 2 aromatic rings. The van der Waals surface area contributed by atoms with Crippen molar-refractivity contribution in [2.75, 3.05) is 0 Å². The Morgan fingerprint density at radius 3 is 2.87 bits per heavy atom. The van der Waals surface area contributed by atoms with Gasteiger partial charge in [-0.05, 0) is 13.3 Å². The number of ketones is 1. The van der Waals surface area contributed by atoms with E-state index in [9.17, 15) is 4.79 Å². The van der Waals surface area contributed by atoms with Crippen LogP contribution in [0.4, 0.5) is 0 Å². The summed E-state index contributed by atoms with van der Waals surface area (Å²) in [7, 11) is 0. The van der Waals surface area contributed by atoms with Gasteiger partial charge >= 0.3 is 0 Å². The second-order valence-electron chi connectivity index (χ2n) is 3.36. The molecule has 0 amide bonds. The van der Waals surface area contributed by atoms with Gasteiger partial charge in [0.15, 0.2) is 0 Å². The zero-order valence-corrected chi connectivity index (χ0v) is 12.5. The Morgan fingerprint density at radius 1 is 1.47 bits per heavy atom. The molecule has 15 heavy (non-hydrogen) atoms. The van der Waals surface area contributed by atoms with Crippen molar-refractivity contribution in [3.63, 3.8) is 0 Å². The Hall–Kier alpha value is -0.0461. The van der Waals surface area contributed by atoms with E-state index in [2.05, 4.69) is 18.4 Å². The van der Waals surface area contributed by atoms with E-state index >= 15 is 0 Å². The van der Waals surface area contributed by atoms with Crippen LogP contribution in [0.3, 0.4) is 0 Å². The molecule has 0 fully saturated rings. The quantitative estimate of drug-likeness (QED) is 0.610. The Morgan fingerprint density at radius 2 is 2.20 bits per heavy atom. The SMILES string of the molecule is CCC(=O)c1[c-]sc2cc(C)ccc12.[Y]. The first-order valence-electron chi connectivity index (χ1n) is 4.66. The van der Waals surface area contributed by atoms with Crippen LogP contribution in [0.2, 0.25) is 0 Å². The predicted molar refractivity (Wildman–Crippen MR) is 60.0 cm³/mol. The fraction of sp³-hybridized carbons (Fsp3) is 0.250. The monoisotopic (exact) mass is 292 g/mol. The topological polar surface area (TPSA) is 17.1 Å². The summed E-state index contributed by atoms with van der Waals surface area (Å²) in [5.74, 6) is 0.181. The van der Waals surface area contributed by atoms with E-state index in [-0.39, 0.29) is 38.5 Å². The predicted octanol–water partition coefficient (Wildman–Crippen LogP) is 3.60. The van der Waals surface area contributed by atoms with Crippen LogP contribution in [0.25, 0.3) is 10.1 Å². The van der Waals surface area contributed by atoms with E-state index in [1.54, 1.807) is 0 Å². The van der Waals surface area contributed by atoms with Gasteiger partial charge < -0.3 is 4.79 Å². The maximum absolute atomic E-state index is 11.5. The van der Waals surface area contributed by atoms with Crippen molar-refractivity contribution in [3.8, 4) is 0 Å². The maximum atomic E-state index is 11.5. The van der Waals surface area contributed by atoms with Gasteiger partial charge in [-0.15, -0.1) is 11.5 Å². The molecule has 3 heteroatoms. The van der Waals surface area contributed by atoms with E-state index in [4.69, 9.17) is 0 Å². The van der Waals surface area contributed by atoms with Crippen LogP contribution >= 0.6 is 11.3 Å². The summed E-state index contributed by atoms with van der Waals surface area (Å²) < 4.78 is 1.15. The second kappa shape index (κ2) is 5.33. The summed E-state index contributed by atoms with van der Waals surface area (Å²) in [6.45, 7) is 3.94. The maximum Gasteiger partial charge on any atom is 0.0789 e. The molecular formula is C12H11OSY-. The van der Waals surface area contributed by atoms with E-state index in [0.717, 1.165) is 15.6 Å². The van der Waals surface area contributed by atoms with Crippen molar-refractivity contribution in [1.82, 2.24) is 0 Å². The molecule has 0 spiro atoms. The van der Waals surface area contributed by atoms with Gasteiger partial charge in [0.05, 0.1) is 5.78 Å². The Kier molecular flexibility index (Phi) is 4.63. The fourth-order valence-electron chi connectivity index (χ4n) is 1.47. The van der Waals surface area contributed by atoms with Gasteiger partial charge in [-0.2, -0.15) is 0 Å². The molecule has 0 unspecified atom stereocenters. The standard InChI is InChI=1S/C12H11OS.Y/c1-3-11(13)10-7-14-12-6-8(2)4-5-9(10)12;/h4-6H,3H2,1-2H3;/q-1;. The molecule has 1 aromatic carbocycles. The summed E-state index contributed by atoms with van der Waals surface area (Å²) in [5, 5.41) is 4.13. The molecule has 0 atom stereocenters. The van der Waals surface area contributed by atoms with Crippen molar-refractivity contribution < 1.29 is 37.5 Å². The van der Waals surface area contributed by atoms with Crippen LogP contribution < -0.4 is 0 Å². The molecule has 0 aliphatic carbocycles. The van der Waals surface area contributed by atoms with Gasteiger partial charge in [-0.25, -0.2) is 0 Å². The molecule has 1 radical (unpaired) electrons. The average molecular weight is 292 g/mol. The number of fused-ring (bicyclic) bond motifs is 1. The number of rotatable bonds is 2. The van der Waals surface area contributed by atoms with Crippen LogP contribution in [-0.2, 0) is 32.7 Å². The van der Waals surface area contributed by atoms with Gasteiger partial charge in [-0.3, -0.25) is 11.3 Å². The number of carbonyl (C=O) groups is 1. The second-order valence-corrected chi connectivity index (χ2v) is 4.20. The first-order valence-corrected chi connectivity index (χ1v) is 5.48. The van der Waals surface area contributed by atoms with Gasteiger partial charge in [-0.1, -0.05) is 40.3 Å². The van der Waals surface area contributed by atoms with Crippen LogP contribution in [-0.4, -0.2) is 5.78 Å². The summed E-state index contributed by atoms with van der Waals surface area (Å²) in [6.07, 6.45) is 0.552. The van der Waals surface area contributed by atoms with Crippen molar-refractivity contribution in [1.29, 1.82) is 0 Å². The largest absolute Gasteiger partial charge is 0.352 e. The van der Waals surface area contributed by atoms with Crippen LogP contribution in [0, 0.1) is 12.3 Å². The zero-order chi connectivity index (χ0) is 10.1. The van der Waals surface area contributed by atoms with E-state index < -0.39 is 0 Å². The molecule has 75 valence electrons. The first-order chi connectivity index (χ1) is 6.72. The molecule has 2 rings (SSSR count). The molecule has 0 N–H and O–H groups in total. The fourth-order valence-corrected chi connectivity index (χ4v) is 2.43. The minimum Gasteiger partial charge on any atom is -0.352 e.